The minimum Gasteiger partial charge on any atom is -0.398 e. The Hall–Kier alpha value is -2.23. The number of halogens is 2. The summed E-state index contributed by atoms with van der Waals surface area (Å²) in [6.45, 7) is 0. The summed E-state index contributed by atoms with van der Waals surface area (Å²) in [6, 6.07) is 8.43. The first-order valence-electron chi connectivity index (χ1n) is 5.00. The van der Waals surface area contributed by atoms with Crippen molar-refractivity contribution in [2.45, 2.75) is 0 Å². The van der Waals surface area contributed by atoms with E-state index >= 15 is 0 Å². The number of hydrogen-bond donors (Lipinski definition) is 1. The number of benzene rings is 1. The van der Waals surface area contributed by atoms with E-state index in [0.29, 0.717) is 5.69 Å². The van der Waals surface area contributed by atoms with Crippen LogP contribution in [0, 0.1) is 11.6 Å². The van der Waals surface area contributed by atoms with Crippen LogP contribution >= 0.6 is 0 Å². The highest BCUT2D eigenvalue weighted by Gasteiger charge is 2.06. The Morgan fingerprint density at radius 1 is 1.18 bits per heavy atom. The molecule has 0 amide bonds. The van der Waals surface area contributed by atoms with Crippen LogP contribution in [0.4, 0.5) is 8.78 Å². The lowest BCUT2D eigenvalue weighted by molar-refractivity contribution is 0.597. The van der Waals surface area contributed by atoms with Crippen molar-refractivity contribution < 1.29 is 8.78 Å². The Morgan fingerprint density at radius 2 is 2.00 bits per heavy atom. The van der Waals surface area contributed by atoms with Gasteiger partial charge in [0.05, 0.1) is 5.69 Å². The second-order valence-electron chi connectivity index (χ2n) is 3.48. The van der Waals surface area contributed by atoms with E-state index in [4.69, 9.17) is 5.73 Å². The van der Waals surface area contributed by atoms with Crippen molar-refractivity contribution in [3.8, 4) is 0 Å². The molecular weight excluding hydrogens is 222 g/mol. The quantitative estimate of drug-likeness (QED) is 0.864. The van der Waals surface area contributed by atoms with E-state index in [1.807, 2.05) is 0 Å². The summed E-state index contributed by atoms with van der Waals surface area (Å²) in [4.78, 5) is 4.02. The molecule has 0 atom stereocenters. The smallest absolute Gasteiger partial charge is 0.132 e. The molecule has 0 radical (unpaired) electrons. The van der Waals surface area contributed by atoms with Crippen LogP contribution in [0.25, 0.3) is 11.8 Å². The van der Waals surface area contributed by atoms with Gasteiger partial charge in [0.15, 0.2) is 0 Å². The van der Waals surface area contributed by atoms with Gasteiger partial charge in [-0.3, -0.25) is 4.98 Å². The lowest BCUT2D eigenvalue weighted by Crippen LogP contribution is -2.00. The molecule has 0 saturated carbocycles. The van der Waals surface area contributed by atoms with Gasteiger partial charge < -0.3 is 5.73 Å². The van der Waals surface area contributed by atoms with Gasteiger partial charge in [0, 0.05) is 17.5 Å². The second kappa shape index (κ2) is 4.74. The summed E-state index contributed by atoms with van der Waals surface area (Å²) >= 11 is 0. The third-order valence-electron chi connectivity index (χ3n) is 2.23. The molecule has 0 bridgehead atoms. The molecule has 0 aliphatic heterocycles. The minimum absolute atomic E-state index is 0.0376. The van der Waals surface area contributed by atoms with Crippen LogP contribution in [0.5, 0.6) is 0 Å². The van der Waals surface area contributed by atoms with E-state index in [9.17, 15) is 8.78 Å². The van der Waals surface area contributed by atoms with E-state index in [0.717, 1.165) is 18.2 Å². The molecule has 17 heavy (non-hydrogen) atoms. The standard InChI is InChI=1S/C13H10F2N2/c14-9-4-5-12(15)11(7-9)13(16)8-10-3-1-2-6-17-10/h1-8H,16H2/b13-8+. The van der Waals surface area contributed by atoms with Crippen LogP contribution in [0.15, 0.2) is 42.6 Å². The maximum Gasteiger partial charge on any atom is 0.132 e. The van der Waals surface area contributed by atoms with Crippen LogP contribution < -0.4 is 5.73 Å². The third-order valence-corrected chi connectivity index (χ3v) is 2.23. The molecule has 1 heterocycles. The van der Waals surface area contributed by atoms with E-state index in [2.05, 4.69) is 4.98 Å². The average Bonchev–Trinajstić information content (AvgIpc) is 2.33. The van der Waals surface area contributed by atoms with E-state index in [-0.39, 0.29) is 11.3 Å². The van der Waals surface area contributed by atoms with Crippen molar-refractivity contribution in [3.63, 3.8) is 0 Å². The molecule has 2 nitrogen and oxygen atoms in total. The van der Waals surface area contributed by atoms with Crippen LogP contribution in [-0.4, -0.2) is 4.98 Å². The van der Waals surface area contributed by atoms with Gasteiger partial charge in [-0.1, -0.05) is 6.07 Å². The molecule has 4 heteroatoms. The first-order chi connectivity index (χ1) is 8.16. The zero-order valence-corrected chi connectivity index (χ0v) is 8.90. The van der Waals surface area contributed by atoms with E-state index < -0.39 is 11.6 Å². The topological polar surface area (TPSA) is 38.9 Å². The third kappa shape index (κ3) is 2.66. The Bertz CT molecular complexity index is 551. The van der Waals surface area contributed by atoms with E-state index in [1.54, 1.807) is 24.4 Å². The predicted octanol–water partition coefficient (Wildman–Crippen LogP) is 2.82. The molecular formula is C13H10F2N2. The van der Waals surface area contributed by atoms with Crippen LogP contribution in [0.2, 0.25) is 0 Å². The number of aromatic nitrogens is 1. The van der Waals surface area contributed by atoms with Gasteiger partial charge in [-0.2, -0.15) is 0 Å². The van der Waals surface area contributed by atoms with Gasteiger partial charge in [-0.25, -0.2) is 8.78 Å². The normalized spacial score (nSPS) is 11.5. The van der Waals surface area contributed by atoms with Gasteiger partial charge in [0.2, 0.25) is 0 Å². The highest BCUT2D eigenvalue weighted by molar-refractivity contribution is 5.78. The molecule has 0 fully saturated rings. The highest BCUT2D eigenvalue weighted by atomic mass is 19.1. The van der Waals surface area contributed by atoms with Gasteiger partial charge in [0.1, 0.15) is 11.6 Å². The molecule has 1 aromatic carbocycles. The number of rotatable bonds is 2. The lowest BCUT2D eigenvalue weighted by atomic mass is 10.1. The Labute approximate surface area is 97.4 Å². The van der Waals surface area contributed by atoms with Gasteiger partial charge in [-0.05, 0) is 36.4 Å². The van der Waals surface area contributed by atoms with Crippen LogP contribution in [-0.2, 0) is 0 Å². The summed E-state index contributed by atoms with van der Waals surface area (Å²) in [5.41, 5.74) is 6.48. The van der Waals surface area contributed by atoms with Crippen molar-refractivity contribution in [2.24, 2.45) is 5.73 Å². The van der Waals surface area contributed by atoms with Crippen molar-refractivity contribution in [2.75, 3.05) is 0 Å². The first kappa shape index (κ1) is 11.3. The number of nitrogens with two attached hydrogens (primary N) is 1. The second-order valence-corrected chi connectivity index (χ2v) is 3.48. The lowest BCUT2D eigenvalue weighted by Gasteiger charge is -2.03. The molecule has 0 saturated heterocycles. The predicted molar refractivity (Wildman–Crippen MR) is 62.7 cm³/mol. The monoisotopic (exact) mass is 232 g/mol. The maximum atomic E-state index is 13.4. The molecule has 0 aliphatic rings. The first-order valence-corrected chi connectivity index (χ1v) is 5.00. The molecule has 0 unspecified atom stereocenters. The van der Waals surface area contributed by atoms with Gasteiger partial charge >= 0.3 is 0 Å². The van der Waals surface area contributed by atoms with Crippen LogP contribution in [0.3, 0.4) is 0 Å². The highest BCUT2D eigenvalue weighted by Crippen LogP contribution is 2.17. The largest absolute Gasteiger partial charge is 0.398 e. The van der Waals surface area contributed by atoms with Crippen molar-refractivity contribution in [1.29, 1.82) is 0 Å². The van der Waals surface area contributed by atoms with Gasteiger partial charge in [0.25, 0.3) is 0 Å². The average molecular weight is 232 g/mol. The van der Waals surface area contributed by atoms with Crippen LogP contribution in [0.1, 0.15) is 11.3 Å². The fourth-order valence-corrected chi connectivity index (χ4v) is 1.42. The number of nitrogens with zero attached hydrogens (tertiary/aromatic N) is 1. The number of pyridine rings is 1. The summed E-state index contributed by atoms with van der Waals surface area (Å²) in [7, 11) is 0. The number of hydrogen-bond acceptors (Lipinski definition) is 2. The maximum absolute atomic E-state index is 13.4. The minimum atomic E-state index is -0.559. The Kier molecular flexibility index (Phi) is 3.14. The molecule has 2 N–H and O–H groups in total. The molecule has 86 valence electrons. The summed E-state index contributed by atoms with van der Waals surface area (Å²) in [5, 5.41) is 0. The SMILES string of the molecule is N/C(=C/c1ccccn1)c1cc(F)ccc1F. The molecule has 0 spiro atoms. The van der Waals surface area contributed by atoms with Crippen molar-refractivity contribution in [3.05, 3.63) is 65.5 Å². The Balaban J connectivity index is 2.40. The van der Waals surface area contributed by atoms with E-state index in [1.165, 1.54) is 6.08 Å². The zero-order valence-electron chi connectivity index (χ0n) is 8.90. The fourth-order valence-electron chi connectivity index (χ4n) is 1.42. The summed E-state index contributed by atoms with van der Waals surface area (Å²) in [5.74, 6) is -1.09. The Morgan fingerprint density at radius 3 is 2.71 bits per heavy atom. The fraction of sp³-hybridized carbons (Fsp3) is 0. The molecule has 2 rings (SSSR count). The van der Waals surface area contributed by atoms with Crippen molar-refractivity contribution >= 4 is 11.8 Å². The molecule has 2 aromatic rings. The summed E-state index contributed by atoms with van der Waals surface area (Å²) in [6.07, 6.45) is 3.10. The summed E-state index contributed by atoms with van der Waals surface area (Å²) < 4.78 is 26.4. The molecule has 0 aliphatic carbocycles. The molecule has 1 aromatic heterocycles. The van der Waals surface area contributed by atoms with Crippen molar-refractivity contribution in [1.82, 2.24) is 4.98 Å². The zero-order chi connectivity index (χ0) is 12.3. The van der Waals surface area contributed by atoms with Gasteiger partial charge in [-0.15, -0.1) is 0 Å².